The zero-order valence-corrected chi connectivity index (χ0v) is 20.0. The summed E-state index contributed by atoms with van der Waals surface area (Å²) >= 11 is 0. The van der Waals surface area contributed by atoms with Crippen LogP contribution in [-0.4, -0.2) is 32.3 Å². The number of nitrogens with one attached hydrogen (secondary N) is 1. The molecule has 176 valence electrons. The van der Waals surface area contributed by atoms with Gasteiger partial charge in [-0.2, -0.15) is 10.5 Å². The van der Waals surface area contributed by atoms with E-state index in [0.29, 0.717) is 30.1 Å². The number of anilines is 1. The minimum Gasteiger partial charge on any atom is -0.339 e. The third-order valence-corrected chi connectivity index (χ3v) is 7.75. The molecule has 1 saturated heterocycles. The minimum atomic E-state index is -4.00. The van der Waals surface area contributed by atoms with Crippen molar-refractivity contribution in [3.63, 3.8) is 0 Å². The highest BCUT2D eigenvalue weighted by atomic mass is 32.2. The number of carbonyl (C=O) groups is 1. The number of piperidine rings is 1. The summed E-state index contributed by atoms with van der Waals surface area (Å²) in [5.74, 6) is 0.186. The first-order valence-corrected chi connectivity index (χ1v) is 12.7. The first-order chi connectivity index (χ1) is 16.8. The molecule has 0 aliphatic carbocycles. The molecule has 3 aromatic rings. The molecule has 8 heteroatoms. The van der Waals surface area contributed by atoms with Crippen LogP contribution in [0.15, 0.2) is 71.6 Å². The highest BCUT2D eigenvalue weighted by Crippen LogP contribution is 2.30. The van der Waals surface area contributed by atoms with Crippen LogP contribution in [0.2, 0.25) is 0 Å². The number of carbonyl (C=O) groups excluding carboxylic acids is 1. The Morgan fingerprint density at radius 1 is 0.971 bits per heavy atom. The molecule has 1 fully saturated rings. The maximum atomic E-state index is 13.3. The highest BCUT2D eigenvalue weighted by molar-refractivity contribution is 7.92. The molecule has 0 aromatic heterocycles. The Kier molecular flexibility index (Phi) is 6.86. The fourth-order valence-electron chi connectivity index (χ4n) is 4.34. The second-order valence-electron chi connectivity index (χ2n) is 8.54. The van der Waals surface area contributed by atoms with E-state index < -0.39 is 10.0 Å². The van der Waals surface area contributed by atoms with Gasteiger partial charge in [0, 0.05) is 24.3 Å². The zero-order valence-electron chi connectivity index (χ0n) is 19.2. The van der Waals surface area contributed by atoms with Crippen LogP contribution in [-0.2, 0) is 10.0 Å². The number of nitriles is 2. The van der Waals surface area contributed by atoms with E-state index in [1.807, 2.05) is 37.3 Å². The van der Waals surface area contributed by atoms with E-state index in [1.54, 1.807) is 35.2 Å². The summed E-state index contributed by atoms with van der Waals surface area (Å²) < 4.78 is 28.3. The fraction of sp³-hybridized carbons (Fsp3) is 0.222. The van der Waals surface area contributed by atoms with Gasteiger partial charge in [0.1, 0.15) is 11.0 Å². The van der Waals surface area contributed by atoms with E-state index in [2.05, 4.69) is 10.8 Å². The summed E-state index contributed by atoms with van der Waals surface area (Å²) in [6.07, 6.45) is 1.63. The van der Waals surface area contributed by atoms with Crippen molar-refractivity contribution < 1.29 is 13.2 Å². The number of hydrogen-bond donors (Lipinski definition) is 1. The molecule has 1 aliphatic rings. The van der Waals surface area contributed by atoms with Gasteiger partial charge in [-0.05, 0) is 73.2 Å². The summed E-state index contributed by atoms with van der Waals surface area (Å²) in [6.45, 7) is 3.00. The predicted octanol–water partition coefficient (Wildman–Crippen LogP) is 4.56. The largest absolute Gasteiger partial charge is 0.339 e. The number of aryl methyl sites for hydroxylation is 1. The Labute approximate surface area is 205 Å². The predicted molar refractivity (Wildman–Crippen MR) is 132 cm³/mol. The van der Waals surface area contributed by atoms with Crippen molar-refractivity contribution in [2.45, 2.75) is 30.6 Å². The van der Waals surface area contributed by atoms with Gasteiger partial charge in [-0.1, -0.05) is 30.3 Å². The Morgan fingerprint density at radius 3 is 2.31 bits per heavy atom. The highest BCUT2D eigenvalue weighted by Gasteiger charge is 2.26. The molecule has 0 bridgehead atoms. The second-order valence-corrected chi connectivity index (χ2v) is 10.2. The van der Waals surface area contributed by atoms with Gasteiger partial charge in [0.2, 0.25) is 0 Å². The maximum absolute atomic E-state index is 13.3. The number of likely N-dealkylation sites (tertiary alicyclic amines) is 1. The van der Waals surface area contributed by atoms with Gasteiger partial charge in [-0.25, -0.2) is 8.42 Å². The van der Waals surface area contributed by atoms with Crippen LogP contribution < -0.4 is 4.72 Å². The van der Waals surface area contributed by atoms with Crippen molar-refractivity contribution >= 4 is 21.6 Å². The average Bonchev–Trinajstić information content (AvgIpc) is 2.89. The van der Waals surface area contributed by atoms with Crippen molar-refractivity contribution in [2.24, 2.45) is 0 Å². The Bertz CT molecular complexity index is 1440. The maximum Gasteiger partial charge on any atom is 0.263 e. The van der Waals surface area contributed by atoms with Crippen molar-refractivity contribution in [2.75, 3.05) is 17.8 Å². The number of nitrogens with zero attached hydrogens (tertiary/aromatic N) is 3. The molecule has 0 spiro atoms. The van der Waals surface area contributed by atoms with Gasteiger partial charge >= 0.3 is 0 Å². The number of amides is 1. The molecule has 35 heavy (non-hydrogen) atoms. The molecule has 0 radical (unpaired) electrons. The van der Waals surface area contributed by atoms with Gasteiger partial charge in [0.05, 0.1) is 17.2 Å². The van der Waals surface area contributed by atoms with Crippen molar-refractivity contribution in [3.05, 3.63) is 94.5 Å². The number of hydrogen-bond acceptors (Lipinski definition) is 5. The van der Waals surface area contributed by atoms with Gasteiger partial charge in [0.25, 0.3) is 15.9 Å². The molecule has 4 rings (SSSR count). The lowest BCUT2D eigenvalue weighted by molar-refractivity contribution is 0.0712. The smallest absolute Gasteiger partial charge is 0.263 e. The summed E-state index contributed by atoms with van der Waals surface area (Å²) in [5, 5.41) is 18.2. The van der Waals surface area contributed by atoms with Crippen LogP contribution >= 0.6 is 0 Å². The topological polar surface area (TPSA) is 114 Å². The molecule has 1 aliphatic heterocycles. The van der Waals surface area contributed by atoms with Crippen LogP contribution in [0.5, 0.6) is 0 Å². The molecule has 7 nitrogen and oxygen atoms in total. The number of rotatable bonds is 5. The number of sulfonamides is 1. The average molecular weight is 485 g/mol. The normalized spacial score (nSPS) is 14.1. The van der Waals surface area contributed by atoms with Gasteiger partial charge in [-0.15, -0.1) is 0 Å². The quantitative estimate of drug-likeness (QED) is 0.570. The molecule has 1 N–H and O–H groups in total. The van der Waals surface area contributed by atoms with E-state index in [9.17, 15) is 18.5 Å². The van der Waals surface area contributed by atoms with E-state index in [4.69, 9.17) is 5.26 Å². The summed E-state index contributed by atoms with van der Waals surface area (Å²) in [6, 6.07) is 22.5. The third kappa shape index (κ3) is 5.18. The molecule has 1 amide bonds. The monoisotopic (exact) mass is 484 g/mol. The molecular weight excluding hydrogens is 460 g/mol. The first kappa shape index (κ1) is 24.0. The Balaban J connectivity index is 1.48. The lowest BCUT2D eigenvalue weighted by Gasteiger charge is -2.32. The van der Waals surface area contributed by atoms with E-state index in [-0.39, 0.29) is 22.1 Å². The van der Waals surface area contributed by atoms with E-state index in [1.165, 1.54) is 17.7 Å². The fourth-order valence-corrected chi connectivity index (χ4v) is 5.54. The molecular formula is C27H24N4O3S. The van der Waals surface area contributed by atoms with Crippen LogP contribution in [0.3, 0.4) is 0 Å². The third-order valence-electron chi connectivity index (χ3n) is 6.31. The van der Waals surface area contributed by atoms with Crippen molar-refractivity contribution in [3.8, 4) is 12.1 Å². The molecule has 0 saturated carbocycles. The Morgan fingerprint density at radius 2 is 1.66 bits per heavy atom. The molecule has 3 aromatic carbocycles. The van der Waals surface area contributed by atoms with Gasteiger partial charge in [0.15, 0.2) is 0 Å². The van der Waals surface area contributed by atoms with Gasteiger partial charge in [-0.3, -0.25) is 9.52 Å². The van der Waals surface area contributed by atoms with Crippen LogP contribution in [0.1, 0.15) is 51.4 Å². The van der Waals surface area contributed by atoms with Crippen LogP contribution in [0.25, 0.3) is 0 Å². The van der Waals surface area contributed by atoms with Crippen LogP contribution in [0, 0.1) is 29.6 Å². The molecule has 0 atom stereocenters. The molecule has 0 unspecified atom stereocenters. The molecule has 1 heterocycles. The summed E-state index contributed by atoms with van der Waals surface area (Å²) in [4.78, 5) is 15.0. The lowest BCUT2D eigenvalue weighted by Crippen LogP contribution is -2.38. The van der Waals surface area contributed by atoms with Crippen molar-refractivity contribution in [1.82, 2.24) is 4.90 Å². The van der Waals surface area contributed by atoms with E-state index in [0.717, 1.165) is 18.4 Å². The number of benzene rings is 3. The summed E-state index contributed by atoms with van der Waals surface area (Å²) in [5.41, 5.74) is 3.30. The first-order valence-electron chi connectivity index (χ1n) is 11.2. The minimum absolute atomic E-state index is 0.0496. The van der Waals surface area contributed by atoms with Crippen LogP contribution in [0.4, 0.5) is 5.69 Å². The summed E-state index contributed by atoms with van der Waals surface area (Å²) in [7, 11) is -4.00. The van der Waals surface area contributed by atoms with E-state index >= 15 is 0 Å². The Hall–Kier alpha value is -4.14. The SMILES string of the molecule is Cc1ccc(NS(=O)(=O)c2ccccc2C#N)cc1C(=O)N1CCC(c2ccc(C#N)cc2)CC1. The standard InChI is InChI=1S/C27H24N4O3S/c1-19-6-11-24(30-35(33,34)26-5-3-2-4-23(26)18-29)16-25(19)27(32)31-14-12-22(13-15-31)21-9-7-20(17-28)8-10-21/h2-11,16,22,30H,12-15H2,1H3. The lowest BCUT2D eigenvalue weighted by atomic mass is 9.88. The zero-order chi connectivity index (χ0) is 25.0. The van der Waals surface area contributed by atoms with Gasteiger partial charge < -0.3 is 4.90 Å². The van der Waals surface area contributed by atoms with Crippen molar-refractivity contribution in [1.29, 1.82) is 10.5 Å². The second kappa shape index (κ2) is 10.0.